The van der Waals surface area contributed by atoms with Crippen LogP contribution in [0.15, 0.2) is 48.5 Å². The number of halogens is 1. The van der Waals surface area contributed by atoms with E-state index in [1.54, 1.807) is 12.1 Å². The Morgan fingerprint density at radius 1 is 1.00 bits per heavy atom. The number of benzene rings is 2. The number of nitrogens with one attached hydrogen (secondary N) is 1. The van der Waals surface area contributed by atoms with Crippen LogP contribution in [0.1, 0.15) is 30.0 Å². The van der Waals surface area contributed by atoms with Gasteiger partial charge >= 0.3 is 0 Å². The molecule has 2 heterocycles. The highest BCUT2D eigenvalue weighted by molar-refractivity contribution is 5.83. The maximum atomic E-state index is 13.4. The van der Waals surface area contributed by atoms with Gasteiger partial charge in [0, 0.05) is 38.4 Å². The summed E-state index contributed by atoms with van der Waals surface area (Å²) in [5, 5.41) is 3.13. The van der Waals surface area contributed by atoms with Crippen LogP contribution in [0.2, 0.25) is 0 Å². The summed E-state index contributed by atoms with van der Waals surface area (Å²) in [6.07, 6.45) is 2.43. The molecule has 2 saturated heterocycles. The fourth-order valence-electron chi connectivity index (χ4n) is 4.21. The molecule has 1 unspecified atom stereocenters. The number of carbonyl (C=O) groups is 1. The number of para-hydroxylation sites is 1. The molecule has 0 aromatic heterocycles. The van der Waals surface area contributed by atoms with Crippen molar-refractivity contribution in [3.63, 3.8) is 0 Å². The van der Waals surface area contributed by atoms with E-state index in [9.17, 15) is 9.18 Å². The van der Waals surface area contributed by atoms with Gasteiger partial charge in [0.1, 0.15) is 11.9 Å². The molecule has 2 fully saturated rings. The normalized spacial score (nSPS) is 18.6. The summed E-state index contributed by atoms with van der Waals surface area (Å²) >= 11 is 0. The van der Waals surface area contributed by atoms with Crippen LogP contribution in [0.25, 0.3) is 0 Å². The van der Waals surface area contributed by atoms with Crippen molar-refractivity contribution in [2.75, 3.05) is 44.3 Å². The van der Waals surface area contributed by atoms with Gasteiger partial charge in [-0.2, -0.15) is 0 Å². The smallest absolute Gasteiger partial charge is 0.242 e. The van der Waals surface area contributed by atoms with Gasteiger partial charge in [-0.3, -0.25) is 9.69 Å². The fourth-order valence-corrected chi connectivity index (χ4v) is 4.21. The zero-order valence-corrected chi connectivity index (χ0v) is 16.6. The average molecular weight is 397 g/mol. The van der Waals surface area contributed by atoms with E-state index in [-0.39, 0.29) is 11.7 Å². The molecule has 2 aliphatic rings. The van der Waals surface area contributed by atoms with Crippen LogP contribution < -0.4 is 10.2 Å². The van der Waals surface area contributed by atoms with Crippen molar-refractivity contribution in [2.45, 2.75) is 25.4 Å². The molecule has 1 amide bonds. The van der Waals surface area contributed by atoms with E-state index < -0.39 is 6.04 Å². The van der Waals surface area contributed by atoms with E-state index in [4.69, 9.17) is 4.74 Å². The second-order valence-corrected chi connectivity index (χ2v) is 7.64. The molecule has 0 spiro atoms. The number of morpholine rings is 1. The zero-order valence-electron chi connectivity index (χ0n) is 16.6. The van der Waals surface area contributed by atoms with Crippen LogP contribution in [-0.4, -0.2) is 50.2 Å². The third-order valence-electron chi connectivity index (χ3n) is 5.74. The first-order chi connectivity index (χ1) is 14.2. The number of carbonyl (C=O) groups excluding carboxylic acids is 1. The predicted molar refractivity (Wildman–Crippen MR) is 111 cm³/mol. The monoisotopic (exact) mass is 397 g/mol. The molecule has 0 aliphatic carbocycles. The summed E-state index contributed by atoms with van der Waals surface area (Å²) in [7, 11) is 0. The molecule has 154 valence electrons. The molecule has 0 radical (unpaired) electrons. The van der Waals surface area contributed by atoms with Crippen LogP contribution in [0, 0.1) is 5.82 Å². The Morgan fingerprint density at radius 2 is 1.69 bits per heavy atom. The summed E-state index contributed by atoms with van der Waals surface area (Å²) in [5.74, 6) is -0.357. The van der Waals surface area contributed by atoms with E-state index in [1.165, 1.54) is 30.7 Å². The van der Waals surface area contributed by atoms with Crippen molar-refractivity contribution in [1.29, 1.82) is 0 Å². The molecule has 4 rings (SSSR count). The third kappa shape index (κ3) is 4.77. The van der Waals surface area contributed by atoms with E-state index in [2.05, 4.69) is 27.2 Å². The maximum absolute atomic E-state index is 13.4. The minimum Gasteiger partial charge on any atom is -0.379 e. The van der Waals surface area contributed by atoms with Gasteiger partial charge in [-0.15, -0.1) is 0 Å². The molecule has 0 bridgehead atoms. The van der Waals surface area contributed by atoms with E-state index in [0.717, 1.165) is 24.2 Å². The summed E-state index contributed by atoms with van der Waals surface area (Å²) in [5.41, 5.74) is 3.14. The Hall–Kier alpha value is -2.44. The lowest BCUT2D eigenvalue weighted by Crippen LogP contribution is -2.45. The number of nitrogens with zero attached hydrogens (tertiary/aromatic N) is 2. The molecule has 2 aromatic rings. The van der Waals surface area contributed by atoms with Gasteiger partial charge in [0.25, 0.3) is 0 Å². The molecule has 6 heteroatoms. The van der Waals surface area contributed by atoms with E-state index >= 15 is 0 Å². The lowest BCUT2D eigenvalue weighted by Gasteiger charge is -2.34. The standard InChI is InChI=1S/C23H28FN3O2/c24-20-9-7-18(8-10-20)22(27-13-15-29-16-14-27)23(28)25-17-19-5-1-2-6-21(19)26-11-3-4-12-26/h1-2,5-10,22H,3-4,11-17H2,(H,25,28). The van der Waals surface area contributed by atoms with Gasteiger partial charge in [0.2, 0.25) is 5.91 Å². The van der Waals surface area contributed by atoms with Gasteiger partial charge in [-0.25, -0.2) is 4.39 Å². The van der Waals surface area contributed by atoms with Crippen molar-refractivity contribution in [2.24, 2.45) is 0 Å². The molecule has 5 nitrogen and oxygen atoms in total. The lowest BCUT2D eigenvalue weighted by molar-refractivity contribution is -0.128. The highest BCUT2D eigenvalue weighted by Crippen LogP contribution is 2.26. The average Bonchev–Trinajstić information content (AvgIpc) is 3.30. The van der Waals surface area contributed by atoms with Gasteiger partial charge in [-0.1, -0.05) is 30.3 Å². The molecular formula is C23H28FN3O2. The van der Waals surface area contributed by atoms with Crippen molar-refractivity contribution in [3.8, 4) is 0 Å². The number of hydrogen-bond acceptors (Lipinski definition) is 4. The summed E-state index contributed by atoms with van der Waals surface area (Å²) in [4.78, 5) is 17.7. The molecular weight excluding hydrogens is 369 g/mol. The Bertz CT molecular complexity index is 815. The highest BCUT2D eigenvalue weighted by atomic mass is 19.1. The quantitative estimate of drug-likeness (QED) is 0.814. The summed E-state index contributed by atoms with van der Waals surface area (Å²) < 4.78 is 18.9. The lowest BCUT2D eigenvalue weighted by atomic mass is 10.0. The first-order valence-corrected chi connectivity index (χ1v) is 10.4. The topological polar surface area (TPSA) is 44.8 Å². The Kier molecular flexibility index (Phi) is 6.42. The van der Waals surface area contributed by atoms with Gasteiger partial charge in [0.05, 0.1) is 13.2 Å². The Labute approximate surface area is 171 Å². The Morgan fingerprint density at radius 3 is 2.41 bits per heavy atom. The minimum absolute atomic E-state index is 0.0604. The van der Waals surface area contributed by atoms with Crippen LogP contribution in [-0.2, 0) is 16.1 Å². The van der Waals surface area contributed by atoms with Crippen molar-refractivity contribution < 1.29 is 13.9 Å². The number of hydrogen-bond donors (Lipinski definition) is 1. The largest absolute Gasteiger partial charge is 0.379 e. The molecule has 1 atom stereocenters. The van der Waals surface area contributed by atoms with Crippen LogP contribution in [0.4, 0.5) is 10.1 Å². The SMILES string of the molecule is O=C(NCc1ccccc1N1CCCC1)C(c1ccc(F)cc1)N1CCOCC1. The summed E-state index contributed by atoms with van der Waals surface area (Å²) in [6, 6.07) is 14.1. The zero-order chi connectivity index (χ0) is 20.1. The molecule has 29 heavy (non-hydrogen) atoms. The van der Waals surface area contributed by atoms with E-state index in [0.29, 0.717) is 32.8 Å². The number of rotatable bonds is 6. The van der Waals surface area contributed by atoms with Gasteiger partial charge in [0.15, 0.2) is 0 Å². The number of ether oxygens (including phenoxy) is 1. The molecule has 1 N–H and O–H groups in total. The maximum Gasteiger partial charge on any atom is 0.242 e. The predicted octanol–water partition coefficient (Wildman–Crippen LogP) is 3.12. The van der Waals surface area contributed by atoms with Gasteiger partial charge < -0.3 is 15.0 Å². The minimum atomic E-state index is -0.446. The first-order valence-electron chi connectivity index (χ1n) is 10.4. The number of amides is 1. The second kappa shape index (κ2) is 9.37. The fraction of sp³-hybridized carbons (Fsp3) is 0.435. The summed E-state index contributed by atoms with van der Waals surface area (Å²) in [6.45, 7) is 5.17. The molecule has 2 aromatic carbocycles. The van der Waals surface area contributed by atoms with Crippen LogP contribution in [0.3, 0.4) is 0 Å². The first kappa shape index (κ1) is 19.9. The number of anilines is 1. The second-order valence-electron chi connectivity index (χ2n) is 7.64. The Balaban J connectivity index is 1.50. The van der Waals surface area contributed by atoms with Crippen molar-refractivity contribution >= 4 is 11.6 Å². The molecule has 2 aliphatic heterocycles. The van der Waals surface area contributed by atoms with Gasteiger partial charge in [-0.05, 0) is 42.2 Å². The third-order valence-corrected chi connectivity index (χ3v) is 5.74. The highest BCUT2D eigenvalue weighted by Gasteiger charge is 2.29. The van der Waals surface area contributed by atoms with Crippen LogP contribution >= 0.6 is 0 Å². The van der Waals surface area contributed by atoms with Crippen molar-refractivity contribution in [3.05, 3.63) is 65.5 Å². The van der Waals surface area contributed by atoms with E-state index in [1.807, 2.05) is 12.1 Å². The van der Waals surface area contributed by atoms with Crippen LogP contribution in [0.5, 0.6) is 0 Å². The molecule has 0 saturated carbocycles. The van der Waals surface area contributed by atoms with Crippen molar-refractivity contribution in [1.82, 2.24) is 10.2 Å².